The van der Waals surface area contributed by atoms with Gasteiger partial charge in [0.1, 0.15) is 0 Å². The predicted octanol–water partition coefficient (Wildman–Crippen LogP) is 2.08. The molecule has 0 aromatic carbocycles. The van der Waals surface area contributed by atoms with Crippen LogP contribution in [-0.2, 0) is 15.5 Å². The molecular formula is C13H27NO2S. The van der Waals surface area contributed by atoms with E-state index in [0.717, 1.165) is 31.6 Å². The summed E-state index contributed by atoms with van der Waals surface area (Å²) in [4.78, 5) is 0. The van der Waals surface area contributed by atoms with Crippen LogP contribution in [0.25, 0.3) is 0 Å². The van der Waals surface area contributed by atoms with E-state index >= 15 is 0 Å². The second-order valence-electron chi connectivity index (χ2n) is 4.83. The molecule has 1 aliphatic carbocycles. The van der Waals surface area contributed by atoms with Gasteiger partial charge in [0.05, 0.1) is 11.9 Å². The first-order valence-corrected chi connectivity index (χ1v) is 8.23. The van der Waals surface area contributed by atoms with Gasteiger partial charge in [-0.2, -0.15) is 0 Å². The van der Waals surface area contributed by atoms with E-state index < -0.39 is 10.8 Å². The molecule has 1 aliphatic rings. The molecule has 0 aromatic rings. The number of methoxy groups -OCH3 is 1. The lowest BCUT2D eigenvalue weighted by Crippen LogP contribution is -2.50. The van der Waals surface area contributed by atoms with Crippen molar-refractivity contribution in [2.24, 2.45) is 0 Å². The van der Waals surface area contributed by atoms with Gasteiger partial charge in [0.15, 0.2) is 0 Å². The van der Waals surface area contributed by atoms with Crippen LogP contribution in [0.4, 0.5) is 0 Å². The summed E-state index contributed by atoms with van der Waals surface area (Å²) in [6, 6.07) is 0.823. The van der Waals surface area contributed by atoms with Crippen molar-refractivity contribution >= 4 is 10.8 Å². The second kappa shape index (κ2) is 8.22. The Morgan fingerprint density at radius 3 is 2.65 bits per heavy atom. The van der Waals surface area contributed by atoms with Crippen molar-refractivity contribution < 1.29 is 8.95 Å². The van der Waals surface area contributed by atoms with Crippen LogP contribution < -0.4 is 5.32 Å². The van der Waals surface area contributed by atoms with E-state index in [2.05, 4.69) is 12.2 Å². The smallest absolute Gasteiger partial charge is 0.0615 e. The van der Waals surface area contributed by atoms with Crippen LogP contribution in [-0.4, -0.2) is 41.0 Å². The molecule has 0 bridgehead atoms. The fourth-order valence-corrected chi connectivity index (χ4v) is 4.04. The van der Waals surface area contributed by atoms with E-state index in [1.54, 1.807) is 7.11 Å². The van der Waals surface area contributed by atoms with Gasteiger partial charge >= 0.3 is 0 Å². The van der Waals surface area contributed by atoms with Crippen LogP contribution in [0.1, 0.15) is 46.0 Å². The second-order valence-corrected chi connectivity index (χ2v) is 6.77. The molecular weight excluding hydrogens is 234 g/mol. The standard InChI is InChI=1S/C13H27NO2S/c1-4-11(10-16-3)14-12-8-6-7-9-13(12)17(15)5-2/h11-14H,4-10H2,1-3H3. The molecule has 4 heteroatoms. The average molecular weight is 261 g/mol. The molecule has 1 rings (SSSR count). The first kappa shape index (κ1) is 15.1. The summed E-state index contributed by atoms with van der Waals surface area (Å²) in [6.07, 6.45) is 5.84. The summed E-state index contributed by atoms with van der Waals surface area (Å²) in [5, 5.41) is 4.00. The molecule has 0 radical (unpaired) electrons. The van der Waals surface area contributed by atoms with Gasteiger partial charge in [-0.3, -0.25) is 4.21 Å². The monoisotopic (exact) mass is 261 g/mol. The summed E-state index contributed by atoms with van der Waals surface area (Å²) in [7, 11) is 1.07. The number of ether oxygens (including phenoxy) is 1. The summed E-state index contributed by atoms with van der Waals surface area (Å²) in [5.41, 5.74) is 0. The summed E-state index contributed by atoms with van der Waals surface area (Å²) < 4.78 is 17.3. The van der Waals surface area contributed by atoms with E-state index in [4.69, 9.17) is 4.74 Å². The summed E-state index contributed by atoms with van der Waals surface area (Å²) in [6.45, 7) is 4.94. The van der Waals surface area contributed by atoms with Crippen LogP contribution >= 0.6 is 0 Å². The Hall–Kier alpha value is 0.0700. The fraction of sp³-hybridized carbons (Fsp3) is 1.00. The predicted molar refractivity (Wildman–Crippen MR) is 73.8 cm³/mol. The van der Waals surface area contributed by atoms with Gasteiger partial charge in [-0.05, 0) is 19.3 Å². The van der Waals surface area contributed by atoms with Crippen molar-refractivity contribution in [2.45, 2.75) is 63.3 Å². The molecule has 0 heterocycles. The quantitative estimate of drug-likeness (QED) is 0.762. The highest BCUT2D eigenvalue weighted by atomic mass is 32.2. The molecule has 1 saturated carbocycles. The van der Waals surface area contributed by atoms with Crippen LogP contribution in [0, 0.1) is 0 Å². The summed E-state index contributed by atoms with van der Waals surface area (Å²) >= 11 is 0. The Bertz CT molecular complexity index is 235. The highest BCUT2D eigenvalue weighted by Gasteiger charge is 2.30. The van der Waals surface area contributed by atoms with Crippen LogP contribution in [0.5, 0.6) is 0 Å². The van der Waals surface area contributed by atoms with E-state index in [-0.39, 0.29) is 0 Å². The Morgan fingerprint density at radius 1 is 1.35 bits per heavy atom. The Kier molecular flexibility index (Phi) is 7.32. The molecule has 1 fully saturated rings. The number of rotatable bonds is 7. The number of hydrogen-bond donors (Lipinski definition) is 1. The van der Waals surface area contributed by atoms with Gasteiger partial charge in [0.25, 0.3) is 0 Å². The molecule has 4 unspecified atom stereocenters. The lowest BCUT2D eigenvalue weighted by Gasteiger charge is -2.34. The molecule has 102 valence electrons. The van der Waals surface area contributed by atoms with Crippen molar-refractivity contribution in [3.8, 4) is 0 Å². The Balaban J connectivity index is 2.54. The van der Waals surface area contributed by atoms with E-state index in [1.165, 1.54) is 12.8 Å². The molecule has 0 amide bonds. The molecule has 4 atom stereocenters. The van der Waals surface area contributed by atoms with Crippen molar-refractivity contribution in [3.05, 3.63) is 0 Å². The molecule has 1 N–H and O–H groups in total. The minimum atomic E-state index is -0.669. The van der Waals surface area contributed by atoms with Gasteiger partial charge < -0.3 is 10.1 Å². The van der Waals surface area contributed by atoms with Gasteiger partial charge in [-0.15, -0.1) is 0 Å². The normalized spacial score (nSPS) is 28.9. The third kappa shape index (κ3) is 4.68. The van der Waals surface area contributed by atoms with Crippen molar-refractivity contribution in [2.75, 3.05) is 19.5 Å². The van der Waals surface area contributed by atoms with E-state index in [1.807, 2.05) is 6.92 Å². The van der Waals surface area contributed by atoms with Gasteiger partial charge in [0, 0.05) is 35.7 Å². The van der Waals surface area contributed by atoms with Crippen molar-refractivity contribution in [1.29, 1.82) is 0 Å². The van der Waals surface area contributed by atoms with E-state index in [9.17, 15) is 4.21 Å². The first-order valence-electron chi connectivity index (χ1n) is 6.85. The fourth-order valence-electron chi connectivity index (χ4n) is 2.60. The maximum atomic E-state index is 12.0. The summed E-state index contributed by atoms with van der Waals surface area (Å²) in [5.74, 6) is 0.782. The highest BCUT2D eigenvalue weighted by Crippen LogP contribution is 2.23. The maximum Gasteiger partial charge on any atom is 0.0615 e. The molecule has 0 saturated heterocycles. The number of nitrogens with one attached hydrogen (secondary N) is 1. The lowest BCUT2D eigenvalue weighted by molar-refractivity contribution is 0.154. The Morgan fingerprint density at radius 2 is 2.06 bits per heavy atom. The van der Waals surface area contributed by atoms with Crippen molar-refractivity contribution in [1.82, 2.24) is 5.32 Å². The molecule has 17 heavy (non-hydrogen) atoms. The number of hydrogen-bond acceptors (Lipinski definition) is 3. The zero-order valence-corrected chi connectivity index (χ0v) is 12.2. The lowest BCUT2D eigenvalue weighted by atomic mass is 9.94. The maximum absolute atomic E-state index is 12.0. The topological polar surface area (TPSA) is 38.3 Å². The molecule has 0 spiro atoms. The zero-order valence-electron chi connectivity index (χ0n) is 11.4. The van der Waals surface area contributed by atoms with Crippen LogP contribution in [0.15, 0.2) is 0 Å². The third-order valence-corrected chi connectivity index (χ3v) is 5.44. The largest absolute Gasteiger partial charge is 0.383 e. The Labute approximate surface area is 108 Å². The van der Waals surface area contributed by atoms with Crippen LogP contribution in [0.3, 0.4) is 0 Å². The average Bonchev–Trinajstić information content (AvgIpc) is 2.38. The zero-order chi connectivity index (χ0) is 12.7. The minimum Gasteiger partial charge on any atom is -0.383 e. The van der Waals surface area contributed by atoms with Gasteiger partial charge in [-0.1, -0.05) is 26.7 Å². The molecule has 3 nitrogen and oxygen atoms in total. The first-order chi connectivity index (χ1) is 8.22. The highest BCUT2D eigenvalue weighted by molar-refractivity contribution is 7.85. The molecule has 0 aliphatic heterocycles. The SMILES string of the molecule is CCC(COC)NC1CCCCC1S(=O)CC. The van der Waals surface area contributed by atoms with Gasteiger partial charge in [0.2, 0.25) is 0 Å². The van der Waals surface area contributed by atoms with Crippen molar-refractivity contribution in [3.63, 3.8) is 0 Å². The van der Waals surface area contributed by atoms with Crippen LogP contribution in [0.2, 0.25) is 0 Å². The van der Waals surface area contributed by atoms with Gasteiger partial charge in [-0.25, -0.2) is 0 Å². The van der Waals surface area contributed by atoms with E-state index in [0.29, 0.717) is 17.3 Å². The molecule has 0 aromatic heterocycles. The minimum absolute atomic E-state index is 0.347. The third-order valence-electron chi connectivity index (χ3n) is 3.64.